The van der Waals surface area contributed by atoms with E-state index in [1.807, 2.05) is 0 Å². The second kappa shape index (κ2) is 5.15. The third kappa shape index (κ3) is 2.74. The minimum absolute atomic E-state index is 0.318. The predicted molar refractivity (Wildman–Crippen MR) is 64.3 cm³/mol. The van der Waals surface area contributed by atoms with E-state index in [0.29, 0.717) is 24.5 Å². The van der Waals surface area contributed by atoms with Crippen LogP contribution in [0.2, 0.25) is 0 Å². The molecule has 0 aromatic heterocycles. The molecule has 0 unspecified atom stereocenters. The van der Waals surface area contributed by atoms with Gasteiger partial charge >= 0.3 is 0 Å². The minimum Gasteiger partial charge on any atom is -0.339 e. The number of nitrogens with one attached hydrogen (secondary N) is 1. The fraction of sp³-hybridized carbons (Fsp3) is 0.917. The molecule has 1 aliphatic heterocycles. The largest absolute Gasteiger partial charge is 0.339 e. The van der Waals surface area contributed by atoms with E-state index in [1.54, 1.807) is 0 Å². The molecule has 0 aromatic rings. The zero-order valence-electron chi connectivity index (χ0n) is 10.4. The average Bonchev–Trinajstić information content (AvgIpc) is 3.07. The zero-order chi connectivity index (χ0) is 11.5. The summed E-state index contributed by atoms with van der Waals surface area (Å²) in [5, 5.41) is 3.35. The van der Waals surface area contributed by atoms with Crippen LogP contribution in [-0.2, 0) is 4.79 Å². The minimum atomic E-state index is 0.318. The van der Waals surface area contributed by atoms with Crippen molar-refractivity contribution in [1.82, 2.24) is 15.1 Å². The van der Waals surface area contributed by atoms with Gasteiger partial charge in [0.15, 0.2) is 0 Å². The van der Waals surface area contributed by atoms with Crippen LogP contribution in [0.3, 0.4) is 0 Å². The molecule has 0 radical (unpaired) electrons. The summed E-state index contributed by atoms with van der Waals surface area (Å²) in [6.45, 7) is 8.74. The molecule has 1 aliphatic carbocycles. The van der Waals surface area contributed by atoms with Crippen molar-refractivity contribution in [2.75, 3.05) is 32.7 Å². The van der Waals surface area contributed by atoms with Crippen molar-refractivity contribution in [3.05, 3.63) is 0 Å². The Morgan fingerprint density at radius 2 is 2.25 bits per heavy atom. The van der Waals surface area contributed by atoms with Gasteiger partial charge in [-0.3, -0.25) is 9.69 Å². The molecule has 2 aliphatic rings. The zero-order valence-corrected chi connectivity index (χ0v) is 10.4. The van der Waals surface area contributed by atoms with E-state index in [9.17, 15) is 4.79 Å². The van der Waals surface area contributed by atoms with Crippen molar-refractivity contribution < 1.29 is 4.79 Å². The summed E-state index contributed by atoms with van der Waals surface area (Å²) in [6.07, 6.45) is 2.41. The maximum atomic E-state index is 12.1. The number of carbonyl (C=O) groups excluding carboxylic acids is 1. The summed E-state index contributed by atoms with van der Waals surface area (Å²) in [5.41, 5.74) is 0. The highest BCUT2D eigenvalue weighted by atomic mass is 16.2. The molecule has 1 heterocycles. The van der Waals surface area contributed by atoms with Gasteiger partial charge in [-0.2, -0.15) is 0 Å². The highest BCUT2D eigenvalue weighted by Gasteiger charge is 2.32. The van der Waals surface area contributed by atoms with E-state index >= 15 is 0 Å². The van der Waals surface area contributed by atoms with Crippen LogP contribution >= 0.6 is 0 Å². The van der Waals surface area contributed by atoms with Gasteiger partial charge in [0.1, 0.15) is 0 Å². The second-order valence-electron chi connectivity index (χ2n) is 4.93. The molecule has 1 amide bonds. The van der Waals surface area contributed by atoms with Gasteiger partial charge in [0.2, 0.25) is 5.91 Å². The van der Waals surface area contributed by atoms with E-state index < -0.39 is 0 Å². The Bertz CT molecular complexity index is 253. The fourth-order valence-electron chi connectivity index (χ4n) is 2.41. The van der Waals surface area contributed by atoms with E-state index in [4.69, 9.17) is 0 Å². The summed E-state index contributed by atoms with van der Waals surface area (Å²) in [7, 11) is 0. The van der Waals surface area contributed by atoms with Gasteiger partial charge in [0.25, 0.3) is 0 Å². The quantitative estimate of drug-likeness (QED) is 0.747. The lowest BCUT2D eigenvalue weighted by Crippen LogP contribution is -2.53. The first-order valence-corrected chi connectivity index (χ1v) is 6.46. The second-order valence-corrected chi connectivity index (χ2v) is 4.93. The number of rotatable bonds is 4. The maximum Gasteiger partial charge on any atom is 0.236 e. The third-order valence-corrected chi connectivity index (χ3v) is 3.63. The molecule has 2 fully saturated rings. The lowest BCUT2D eigenvalue weighted by Gasteiger charge is -2.34. The number of hydrogen-bond donors (Lipinski definition) is 1. The third-order valence-electron chi connectivity index (χ3n) is 3.63. The lowest BCUT2D eigenvalue weighted by molar-refractivity contribution is -0.133. The smallest absolute Gasteiger partial charge is 0.236 e. The Kier molecular flexibility index (Phi) is 3.82. The van der Waals surface area contributed by atoms with Gasteiger partial charge in [-0.25, -0.2) is 0 Å². The summed E-state index contributed by atoms with van der Waals surface area (Å²) in [5.74, 6) is 0.318. The molecular weight excluding hydrogens is 202 g/mol. The number of piperazine rings is 1. The van der Waals surface area contributed by atoms with Crippen LogP contribution in [0.1, 0.15) is 26.7 Å². The average molecular weight is 225 g/mol. The molecule has 0 bridgehead atoms. The molecule has 1 saturated carbocycles. The Labute approximate surface area is 98.0 Å². The van der Waals surface area contributed by atoms with Crippen molar-refractivity contribution in [3.63, 3.8) is 0 Å². The van der Waals surface area contributed by atoms with Crippen LogP contribution in [0, 0.1) is 0 Å². The predicted octanol–water partition coefficient (Wildman–Crippen LogP) is 0.291. The van der Waals surface area contributed by atoms with E-state index in [2.05, 4.69) is 29.0 Å². The first-order chi connectivity index (χ1) is 7.72. The summed E-state index contributed by atoms with van der Waals surface area (Å²) in [4.78, 5) is 16.5. The topological polar surface area (TPSA) is 35.6 Å². The summed E-state index contributed by atoms with van der Waals surface area (Å²) < 4.78 is 0. The molecule has 92 valence electrons. The summed E-state index contributed by atoms with van der Waals surface area (Å²) in [6, 6.07) is 1.03. The SMILES string of the molecule is CCN(C(=O)CN1CCNC[C@H]1C)C1CC1. The van der Waals surface area contributed by atoms with Crippen molar-refractivity contribution in [2.45, 2.75) is 38.8 Å². The summed E-state index contributed by atoms with van der Waals surface area (Å²) >= 11 is 0. The first-order valence-electron chi connectivity index (χ1n) is 6.46. The van der Waals surface area contributed by atoms with Gasteiger partial charge in [-0.05, 0) is 26.7 Å². The lowest BCUT2D eigenvalue weighted by atomic mass is 10.2. The number of carbonyl (C=O) groups is 1. The highest BCUT2D eigenvalue weighted by molar-refractivity contribution is 5.79. The van der Waals surface area contributed by atoms with E-state index in [-0.39, 0.29) is 0 Å². The normalized spacial score (nSPS) is 26.8. The fourth-order valence-corrected chi connectivity index (χ4v) is 2.41. The molecule has 4 heteroatoms. The number of likely N-dealkylation sites (N-methyl/N-ethyl adjacent to an activating group) is 1. The van der Waals surface area contributed by atoms with Gasteiger partial charge < -0.3 is 10.2 Å². The van der Waals surface area contributed by atoms with Crippen LogP contribution < -0.4 is 5.32 Å². The first kappa shape index (κ1) is 11.9. The number of hydrogen-bond acceptors (Lipinski definition) is 3. The molecular formula is C12H23N3O. The molecule has 1 N–H and O–H groups in total. The molecule has 1 atom stereocenters. The number of amides is 1. The van der Waals surface area contributed by atoms with Gasteiger partial charge in [-0.15, -0.1) is 0 Å². The maximum absolute atomic E-state index is 12.1. The Hall–Kier alpha value is -0.610. The molecule has 16 heavy (non-hydrogen) atoms. The van der Waals surface area contributed by atoms with Crippen LogP contribution in [0.5, 0.6) is 0 Å². The highest BCUT2D eigenvalue weighted by Crippen LogP contribution is 2.26. The Morgan fingerprint density at radius 1 is 1.50 bits per heavy atom. The Morgan fingerprint density at radius 3 is 2.81 bits per heavy atom. The Balaban J connectivity index is 1.84. The molecule has 2 rings (SSSR count). The van der Waals surface area contributed by atoms with E-state index in [1.165, 1.54) is 12.8 Å². The van der Waals surface area contributed by atoms with Crippen molar-refractivity contribution in [1.29, 1.82) is 0 Å². The molecule has 0 spiro atoms. The van der Waals surface area contributed by atoms with E-state index in [0.717, 1.165) is 26.2 Å². The number of nitrogens with zero attached hydrogens (tertiary/aromatic N) is 2. The van der Waals surface area contributed by atoms with Gasteiger partial charge in [-0.1, -0.05) is 0 Å². The molecule has 4 nitrogen and oxygen atoms in total. The molecule has 0 aromatic carbocycles. The van der Waals surface area contributed by atoms with Gasteiger partial charge in [0.05, 0.1) is 6.54 Å². The molecule has 1 saturated heterocycles. The monoisotopic (exact) mass is 225 g/mol. The van der Waals surface area contributed by atoms with Crippen molar-refractivity contribution in [3.8, 4) is 0 Å². The van der Waals surface area contributed by atoms with Crippen molar-refractivity contribution >= 4 is 5.91 Å². The van der Waals surface area contributed by atoms with Crippen LogP contribution in [0.25, 0.3) is 0 Å². The van der Waals surface area contributed by atoms with Crippen molar-refractivity contribution in [2.24, 2.45) is 0 Å². The standard InChI is InChI=1S/C12H23N3O/c1-3-15(11-4-5-11)12(16)9-14-7-6-13-8-10(14)2/h10-11,13H,3-9H2,1-2H3/t10-/m1/s1. The van der Waals surface area contributed by atoms with Crippen LogP contribution in [0.15, 0.2) is 0 Å². The van der Waals surface area contributed by atoms with Gasteiger partial charge in [0, 0.05) is 38.3 Å². The van der Waals surface area contributed by atoms with Crippen LogP contribution in [0.4, 0.5) is 0 Å². The van der Waals surface area contributed by atoms with Crippen LogP contribution in [-0.4, -0.2) is 60.5 Å².